The number of hydrogen-bond donors (Lipinski definition) is 0. The molecule has 0 bridgehead atoms. The Kier molecular flexibility index (Phi) is 6.14. The van der Waals surface area contributed by atoms with Gasteiger partial charge in [-0.25, -0.2) is 0 Å². The molecule has 12 heavy (non-hydrogen) atoms. The van der Waals surface area contributed by atoms with E-state index in [1.165, 1.54) is 19.3 Å². The van der Waals surface area contributed by atoms with Gasteiger partial charge in [-0.05, 0) is 31.1 Å². The zero-order valence-corrected chi connectivity index (χ0v) is 9.35. The largest absolute Gasteiger partial charge is 0.0856 e. The summed E-state index contributed by atoms with van der Waals surface area (Å²) in [6.07, 6.45) is 6.10. The normalized spacial score (nSPS) is 15.3. The third kappa shape index (κ3) is 4.58. The minimum Gasteiger partial charge on any atom is -0.0856 e. The Morgan fingerprint density at radius 1 is 1.17 bits per heavy atom. The Hall–Kier alpha value is -0.260. The zero-order chi connectivity index (χ0) is 9.56. The molecule has 0 aromatic carbocycles. The number of allylic oxidation sites excluding steroid dienone is 2. The van der Waals surface area contributed by atoms with Gasteiger partial charge in [-0.3, -0.25) is 0 Å². The van der Waals surface area contributed by atoms with E-state index in [1.807, 2.05) is 0 Å². The molecule has 0 aliphatic rings. The summed E-state index contributed by atoms with van der Waals surface area (Å²) in [5.41, 5.74) is 1.64. The van der Waals surface area contributed by atoms with E-state index < -0.39 is 0 Å². The van der Waals surface area contributed by atoms with Gasteiger partial charge in [-0.15, -0.1) is 0 Å². The molecule has 0 fully saturated rings. The minimum absolute atomic E-state index is 0.816. The SMILES string of the molecule is CCC=C(CC)CC(C)C(C)C. The fourth-order valence-corrected chi connectivity index (χ4v) is 1.31. The van der Waals surface area contributed by atoms with Gasteiger partial charge in [0, 0.05) is 0 Å². The van der Waals surface area contributed by atoms with E-state index in [4.69, 9.17) is 0 Å². The molecule has 0 spiro atoms. The van der Waals surface area contributed by atoms with Gasteiger partial charge in [-0.1, -0.05) is 46.3 Å². The lowest BCUT2D eigenvalue weighted by Gasteiger charge is -2.16. The average molecular weight is 168 g/mol. The van der Waals surface area contributed by atoms with Crippen molar-refractivity contribution in [2.24, 2.45) is 11.8 Å². The van der Waals surface area contributed by atoms with Gasteiger partial charge in [0.05, 0.1) is 0 Å². The molecular weight excluding hydrogens is 144 g/mol. The Balaban J connectivity index is 3.94. The van der Waals surface area contributed by atoms with Crippen LogP contribution in [0, 0.1) is 11.8 Å². The van der Waals surface area contributed by atoms with Crippen LogP contribution in [-0.2, 0) is 0 Å². The molecule has 0 heterocycles. The van der Waals surface area contributed by atoms with Gasteiger partial charge in [0.25, 0.3) is 0 Å². The minimum atomic E-state index is 0.816. The predicted molar refractivity (Wildman–Crippen MR) is 57.3 cm³/mol. The fraction of sp³-hybridized carbons (Fsp3) is 0.833. The maximum Gasteiger partial charge on any atom is -0.0292 e. The van der Waals surface area contributed by atoms with Crippen LogP contribution in [-0.4, -0.2) is 0 Å². The Labute approximate surface area is 78.1 Å². The second-order valence-corrected chi connectivity index (χ2v) is 4.05. The summed E-state index contributed by atoms with van der Waals surface area (Å²) in [7, 11) is 0. The summed E-state index contributed by atoms with van der Waals surface area (Å²) in [6.45, 7) is 11.4. The molecular formula is C12H24. The van der Waals surface area contributed by atoms with Crippen molar-refractivity contribution in [1.82, 2.24) is 0 Å². The first-order valence-electron chi connectivity index (χ1n) is 5.29. The first kappa shape index (κ1) is 11.7. The highest BCUT2D eigenvalue weighted by atomic mass is 14.1. The first-order valence-corrected chi connectivity index (χ1v) is 5.29. The van der Waals surface area contributed by atoms with Crippen LogP contribution in [0.2, 0.25) is 0 Å². The average Bonchev–Trinajstić information content (AvgIpc) is 2.03. The lowest BCUT2D eigenvalue weighted by Crippen LogP contribution is -2.04. The van der Waals surface area contributed by atoms with Gasteiger partial charge >= 0.3 is 0 Å². The van der Waals surface area contributed by atoms with Crippen LogP contribution >= 0.6 is 0 Å². The molecule has 0 rings (SSSR count). The third-order valence-corrected chi connectivity index (χ3v) is 2.67. The van der Waals surface area contributed by atoms with Crippen molar-refractivity contribution in [3.05, 3.63) is 11.6 Å². The van der Waals surface area contributed by atoms with Gasteiger partial charge < -0.3 is 0 Å². The van der Waals surface area contributed by atoms with Crippen molar-refractivity contribution in [3.63, 3.8) is 0 Å². The monoisotopic (exact) mass is 168 g/mol. The molecule has 0 saturated carbocycles. The molecule has 72 valence electrons. The molecule has 0 N–H and O–H groups in total. The fourth-order valence-electron chi connectivity index (χ4n) is 1.31. The highest BCUT2D eigenvalue weighted by molar-refractivity contribution is 5.01. The van der Waals surface area contributed by atoms with Crippen molar-refractivity contribution < 1.29 is 0 Å². The maximum atomic E-state index is 2.39. The summed E-state index contributed by atoms with van der Waals surface area (Å²) in [6, 6.07) is 0. The second kappa shape index (κ2) is 6.28. The van der Waals surface area contributed by atoms with Crippen LogP contribution in [0.15, 0.2) is 11.6 Å². The van der Waals surface area contributed by atoms with Gasteiger partial charge in [0.15, 0.2) is 0 Å². The smallest absolute Gasteiger partial charge is 0.0292 e. The lowest BCUT2D eigenvalue weighted by molar-refractivity contribution is 0.412. The Bertz CT molecular complexity index is 131. The summed E-state index contributed by atoms with van der Waals surface area (Å²) in [4.78, 5) is 0. The van der Waals surface area contributed by atoms with Gasteiger partial charge in [0.2, 0.25) is 0 Å². The topological polar surface area (TPSA) is 0 Å². The van der Waals surface area contributed by atoms with Crippen molar-refractivity contribution in [3.8, 4) is 0 Å². The standard InChI is InChI=1S/C12H24/c1-6-8-12(7-2)9-11(5)10(3)4/h8,10-11H,6-7,9H2,1-5H3. The van der Waals surface area contributed by atoms with E-state index in [2.05, 4.69) is 40.7 Å². The Morgan fingerprint density at radius 3 is 2.08 bits per heavy atom. The lowest BCUT2D eigenvalue weighted by atomic mass is 9.90. The van der Waals surface area contributed by atoms with Crippen LogP contribution in [0.4, 0.5) is 0 Å². The molecule has 0 saturated heterocycles. The third-order valence-electron chi connectivity index (χ3n) is 2.67. The summed E-state index contributed by atoms with van der Waals surface area (Å²) < 4.78 is 0. The molecule has 0 heteroatoms. The molecule has 0 radical (unpaired) electrons. The highest BCUT2D eigenvalue weighted by Gasteiger charge is 2.07. The van der Waals surface area contributed by atoms with Crippen LogP contribution in [0.1, 0.15) is 53.9 Å². The van der Waals surface area contributed by atoms with Crippen LogP contribution < -0.4 is 0 Å². The summed E-state index contributed by atoms with van der Waals surface area (Å²) >= 11 is 0. The molecule has 0 aliphatic carbocycles. The van der Waals surface area contributed by atoms with Crippen LogP contribution in [0.25, 0.3) is 0 Å². The van der Waals surface area contributed by atoms with E-state index in [1.54, 1.807) is 5.57 Å². The molecule has 0 nitrogen and oxygen atoms in total. The van der Waals surface area contributed by atoms with Crippen LogP contribution in [0.5, 0.6) is 0 Å². The summed E-state index contributed by atoms with van der Waals surface area (Å²) in [5, 5.41) is 0. The van der Waals surface area contributed by atoms with E-state index >= 15 is 0 Å². The van der Waals surface area contributed by atoms with Crippen molar-refractivity contribution in [2.75, 3.05) is 0 Å². The zero-order valence-electron chi connectivity index (χ0n) is 9.35. The molecule has 0 amide bonds. The molecule has 0 aromatic rings. The van der Waals surface area contributed by atoms with Crippen molar-refractivity contribution in [2.45, 2.75) is 53.9 Å². The summed E-state index contributed by atoms with van der Waals surface area (Å²) in [5.74, 6) is 1.65. The maximum absolute atomic E-state index is 2.39. The predicted octanol–water partition coefficient (Wildman–Crippen LogP) is 4.42. The van der Waals surface area contributed by atoms with Crippen molar-refractivity contribution in [1.29, 1.82) is 0 Å². The molecule has 0 aliphatic heterocycles. The highest BCUT2D eigenvalue weighted by Crippen LogP contribution is 2.21. The quantitative estimate of drug-likeness (QED) is 0.533. The molecule has 0 aromatic heterocycles. The van der Waals surface area contributed by atoms with E-state index in [0.29, 0.717) is 0 Å². The van der Waals surface area contributed by atoms with Crippen molar-refractivity contribution >= 4 is 0 Å². The number of hydrogen-bond acceptors (Lipinski definition) is 0. The molecule has 1 atom stereocenters. The second-order valence-electron chi connectivity index (χ2n) is 4.05. The molecule has 1 unspecified atom stereocenters. The van der Waals surface area contributed by atoms with Crippen LogP contribution in [0.3, 0.4) is 0 Å². The van der Waals surface area contributed by atoms with Gasteiger partial charge in [-0.2, -0.15) is 0 Å². The number of rotatable bonds is 5. The van der Waals surface area contributed by atoms with E-state index in [0.717, 1.165) is 11.8 Å². The van der Waals surface area contributed by atoms with E-state index in [9.17, 15) is 0 Å². The Morgan fingerprint density at radius 2 is 1.75 bits per heavy atom. The van der Waals surface area contributed by atoms with Gasteiger partial charge in [0.1, 0.15) is 0 Å². The van der Waals surface area contributed by atoms with E-state index in [-0.39, 0.29) is 0 Å². The first-order chi connectivity index (χ1) is 5.61.